The number of benzene rings is 1. The number of rotatable bonds is 11. The average molecular weight is 632 g/mol. The average Bonchev–Trinajstić information content (AvgIpc) is 3.50. The lowest BCUT2D eigenvalue weighted by molar-refractivity contribution is -0.360. The Morgan fingerprint density at radius 1 is 1.13 bits per heavy atom. The third-order valence-corrected chi connectivity index (χ3v) is 9.23. The van der Waals surface area contributed by atoms with E-state index in [0.717, 1.165) is 36.1 Å². The van der Waals surface area contributed by atoms with Gasteiger partial charge in [0, 0.05) is 28.3 Å². The van der Waals surface area contributed by atoms with E-state index in [1.165, 1.54) is 0 Å². The lowest BCUT2D eigenvalue weighted by atomic mass is 9.98. The highest BCUT2D eigenvalue weighted by molar-refractivity contribution is 9.09. The van der Waals surface area contributed by atoms with Crippen molar-refractivity contribution in [2.24, 2.45) is 0 Å². The zero-order valence-corrected chi connectivity index (χ0v) is 23.8. The van der Waals surface area contributed by atoms with Gasteiger partial charge in [0.2, 0.25) is 0 Å². The highest BCUT2D eigenvalue weighted by atomic mass is 79.9. The van der Waals surface area contributed by atoms with Gasteiger partial charge in [-0.25, -0.2) is 4.79 Å². The molecule has 4 aliphatic heterocycles. The number of fused-ring (bicyclic) bond motifs is 2. The van der Waals surface area contributed by atoms with Gasteiger partial charge in [0.15, 0.2) is 12.6 Å². The summed E-state index contributed by atoms with van der Waals surface area (Å²) in [5.41, 5.74) is 1.57. The predicted octanol–water partition coefficient (Wildman–Crippen LogP) is 1.73. The molecular weight excluding hydrogens is 596 g/mol. The highest BCUT2D eigenvalue weighted by Crippen LogP contribution is 2.35. The number of aliphatic hydroxyl groups excluding tert-OH is 2. The molecule has 13 heteroatoms. The van der Waals surface area contributed by atoms with Crippen LogP contribution in [0.1, 0.15) is 43.1 Å². The molecular formula is C26H35BrN2O9S. The van der Waals surface area contributed by atoms with Crippen LogP contribution in [0.25, 0.3) is 0 Å². The van der Waals surface area contributed by atoms with Crippen molar-refractivity contribution in [2.75, 3.05) is 24.3 Å². The molecule has 2 amide bonds. The van der Waals surface area contributed by atoms with Crippen molar-refractivity contribution in [1.29, 1.82) is 0 Å². The number of alkyl halides is 1. The van der Waals surface area contributed by atoms with Crippen LogP contribution in [0.15, 0.2) is 24.3 Å². The molecule has 5 rings (SSSR count). The Labute approximate surface area is 239 Å². The van der Waals surface area contributed by atoms with Crippen molar-refractivity contribution >= 4 is 39.7 Å². The van der Waals surface area contributed by atoms with E-state index in [-0.39, 0.29) is 37.3 Å². The van der Waals surface area contributed by atoms with Gasteiger partial charge in [-0.2, -0.15) is 11.8 Å². The van der Waals surface area contributed by atoms with Crippen molar-refractivity contribution in [3.63, 3.8) is 0 Å². The van der Waals surface area contributed by atoms with Crippen LogP contribution >= 0.6 is 27.7 Å². The molecule has 4 heterocycles. The van der Waals surface area contributed by atoms with E-state index in [1.54, 1.807) is 0 Å². The molecule has 4 aliphatic rings. The maximum absolute atomic E-state index is 12.2. The first-order chi connectivity index (χ1) is 18.9. The number of carbonyl (C=O) groups is 2. The largest absolute Gasteiger partial charge is 0.461 e. The molecule has 4 fully saturated rings. The molecule has 0 bridgehead atoms. The smallest absolute Gasteiger partial charge is 0.315 e. The Balaban J connectivity index is 1.01. The van der Waals surface area contributed by atoms with Gasteiger partial charge in [-0.05, 0) is 18.4 Å². The van der Waals surface area contributed by atoms with Crippen LogP contribution in [0.5, 0.6) is 0 Å². The molecule has 4 saturated heterocycles. The second-order valence-corrected chi connectivity index (χ2v) is 12.2. The third-order valence-electron chi connectivity index (χ3n) is 7.40. The van der Waals surface area contributed by atoms with E-state index < -0.39 is 37.0 Å². The summed E-state index contributed by atoms with van der Waals surface area (Å²) in [5, 5.41) is 27.8. The number of thioether (sulfide) groups is 1. The predicted molar refractivity (Wildman–Crippen MR) is 144 cm³/mol. The Morgan fingerprint density at radius 3 is 2.74 bits per heavy atom. The molecule has 1 aromatic carbocycles. The summed E-state index contributed by atoms with van der Waals surface area (Å²) in [4.78, 5) is 23.7. The molecule has 216 valence electrons. The fraction of sp³-hybridized carbons (Fsp3) is 0.692. The first kappa shape index (κ1) is 29.1. The van der Waals surface area contributed by atoms with Gasteiger partial charge in [0.25, 0.3) is 0 Å². The van der Waals surface area contributed by atoms with Crippen molar-refractivity contribution in [3.8, 4) is 0 Å². The molecule has 0 saturated carbocycles. The van der Waals surface area contributed by atoms with Gasteiger partial charge in [0.05, 0.1) is 25.3 Å². The molecule has 4 N–H and O–H groups in total. The number of hydrogen-bond donors (Lipinski definition) is 4. The number of urea groups is 1. The maximum Gasteiger partial charge on any atom is 0.315 e. The Hall–Kier alpha value is -1.45. The maximum atomic E-state index is 12.2. The summed E-state index contributed by atoms with van der Waals surface area (Å²) < 4.78 is 28.4. The van der Waals surface area contributed by atoms with Crippen LogP contribution in [0.4, 0.5) is 4.79 Å². The number of unbranched alkanes of at least 4 members (excludes halogenated alkanes) is 1. The van der Waals surface area contributed by atoms with Crippen LogP contribution in [-0.4, -0.2) is 94.5 Å². The number of amides is 2. The topological polar surface area (TPSA) is 145 Å². The van der Waals surface area contributed by atoms with Gasteiger partial charge in [-0.1, -0.05) is 46.6 Å². The molecule has 0 aromatic heterocycles. The van der Waals surface area contributed by atoms with Crippen LogP contribution in [0, 0.1) is 0 Å². The minimum Gasteiger partial charge on any atom is -0.461 e. The van der Waals surface area contributed by atoms with Gasteiger partial charge >= 0.3 is 12.0 Å². The standard InChI is InChI=1S/C26H35BrN2O9S/c27-9-10-34-25-22(32)21(31)23-17(37-25)12-36-24(38-23)15-7-5-14(6-8-15)11-35-19(30)4-2-1-3-18-20-16(13-39-18)28-26(33)29-20/h5-8,16-18,20-25,31-32H,1-4,9-13H2,(H2,28,29,33)/t16-,17+,18-,20-,21+,22+,23?,24?,25+/m0/s1. The van der Waals surface area contributed by atoms with Crippen molar-refractivity contribution < 1.29 is 43.5 Å². The zero-order chi connectivity index (χ0) is 27.4. The summed E-state index contributed by atoms with van der Waals surface area (Å²) in [5.74, 6) is 0.697. The quantitative estimate of drug-likeness (QED) is 0.123. The van der Waals surface area contributed by atoms with Gasteiger partial charge < -0.3 is 44.5 Å². The second-order valence-electron chi connectivity index (χ2n) is 10.1. The SMILES string of the molecule is O=C1N[C@H]2[C@H](CS[C@H]2CCCCC(=O)OCc2ccc(C3OC[C@H]4O[C@@H](OCCBr)[C@H](O)[C@@H](O)C4O3)cc2)N1. The summed E-state index contributed by atoms with van der Waals surface area (Å²) in [7, 11) is 0. The van der Waals surface area contributed by atoms with Crippen molar-refractivity contribution in [1.82, 2.24) is 10.6 Å². The van der Waals surface area contributed by atoms with E-state index in [2.05, 4.69) is 26.6 Å². The highest BCUT2D eigenvalue weighted by Gasteiger charge is 2.49. The first-order valence-corrected chi connectivity index (χ1v) is 15.5. The lowest BCUT2D eigenvalue weighted by Crippen LogP contribution is -2.62. The van der Waals surface area contributed by atoms with Crippen LogP contribution in [0.2, 0.25) is 0 Å². The van der Waals surface area contributed by atoms with Crippen LogP contribution in [0.3, 0.4) is 0 Å². The lowest BCUT2D eigenvalue weighted by Gasteiger charge is -2.46. The van der Waals surface area contributed by atoms with E-state index in [9.17, 15) is 19.8 Å². The molecule has 39 heavy (non-hydrogen) atoms. The molecule has 11 nitrogen and oxygen atoms in total. The summed E-state index contributed by atoms with van der Waals surface area (Å²) in [6, 6.07) is 7.65. The van der Waals surface area contributed by atoms with Crippen LogP contribution in [-0.2, 0) is 35.1 Å². The number of hydrogen-bond acceptors (Lipinski definition) is 10. The first-order valence-electron chi connectivity index (χ1n) is 13.3. The molecule has 1 aromatic rings. The van der Waals surface area contributed by atoms with E-state index in [1.807, 2.05) is 36.0 Å². The Bertz CT molecular complexity index is 987. The number of aliphatic hydroxyl groups is 2. The van der Waals surface area contributed by atoms with Crippen molar-refractivity contribution in [3.05, 3.63) is 35.4 Å². The van der Waals surface area contributed by atoms with E-state index in [0.29, 0.717) is 23.6 Å². The monoisotopic (exact) mass is 630 g/mol. The molecule has 0 spiro atoms. The molecule has 0 aliphatic carbocycles. The Morgan fingerprint density at radius 2 is 1.95 bits per heavy atom. The normalized spacial score (nSPS) is 35.6. The van der Waals surface area contributed by atoms with E-state index >= 15 is 0 Å². The van der Waals surface area contributed by atoms with E-state index in [4.69, 9.17) is 23.7 Å². The van der Waals surface area contributed by atoms with Gasteiger partial charge in [-0.15, -0.1) is 0 Å². The Kier molecular flexibility index (Phi) is 10.0. The summed E-state index contributed by atoms with van der Waals surface area (Å²) in [6.07, 6.45) is -2.43. The van der Waals surface area contributed by atoms with Gasteiger partial charge in [-0.3, -0.25) is 4.79 Å². The molecule has 2 unspecified atom stereocenters. The number of carbonyl (C=O) groups excluding carboxylic acids is 2. The molecule has 0 radical (unpaired) electrons. The minimum absolute atomic E-state index is 0.0816. The minimum atomic E-state index is -1.23. The third kappa shape index (κ3) is 7.07. The second kappa shape index (κ2) is 13.5. The molecule has 9 atom stereocenters. The van der Waals surface area contributed by atoms with Crippen LogP contribution < -0.4 is 10.6 Å². The summed E-state index contributed by atoms with van der Waals surface area (Å²) >= 11 is 5.13. The fourth-order valence-electron chi connectivity index (χ4n) is 5.31. The number of esters is 1. The zero-order valence-electron chi connectivity index (χ0n) is 21.4. The van der Waals surface area contributed by atoms with Gasteiger partial charge in [0.1, 0.15) is 31.0 Å². The van der Waals surface area contributed by atoms with Crippen molar-refractivity contribution in [2.45, 2.75) is 86.6 Å². The number of halogens is 1. The summed E-state index contributed by atoms with van der Waals surface area (Å²) in [6.45, 7) is 0.682. The number of nitrogens with one attached hydrogen (secondary N) is 2. The number of ether oxygens (including phenoxy) is 5. The fourth-order valence-corrected chi connectivity index (χ4v) is 7.04.